The minimum absolute atomic E-state index is 0.592. The summed E-state index contributed by atoms with van der Waals surface area (Å²) < 4.78 is 5.57. The molecule has 0 radical (unpaired) electrons. The molecule has 1 heterocycles. The highest BCUT2D eigenvalue weighted by molar-refractivity contribution is 4.77. The van der Waals surface area contributed by atoms with E-state index in [4.69, 9.17) is 4.74 Å². The topological polar surface area (TPSA) is 24.5 Å². The van der Waals surface area contributed by atoms with E-state index in [9.17, 15) is 0 Å². The number of unbranched alkanes of at least 4 members (excludes halogenated alkanes) is 4. The molecule has 1 saturated heterocycles. The predicted octanol–water partition coefficient (Wildman–Crippen LogP) is 2.27. The van der Waals surface area contributed by atoms with Crippen LogP contribution in [-0.2, 0) is 4.74 Å². The van der Waals surface area contributed by atoms with Gasteiger partial charge in [-0.25, -0.2) is 0 Å². The Kier molecular flexibility index (Phi) is 8.67. The van der Waals surface area contributed by atoms with Gasteiger partial charge in [0.15, 0.2) is 0 Å². The zero-order valence-electron chi connectivity index (χ0n) is 11.7. The van der Waals surface area contributed by atoms with Gasteiger partial charge in [0.1, 0.15) is 0 Å². The third-order valence-corrected chi connectivity index (χ3v) is 3.53. The standard InChI is InChI=1S/C14H30N2O/c1-3-5-6-7-8-9-16-10-11-17-13-14(16)12-15-4-2/h14-15H,3-13H2,1-2H3. The van der Waals surface area contributed by atoms with Crippen LogP contribution in [0.1, 0.15) is 46.0 Å². The van der Waals surface area contributed by atoms with E-state index in [2.05, 4.69) is 24.1 Å². The lowest BCUT2D eigenvalue weighted by Crippen LogP contribution is -2.50. The largest absolute Gasteiger partial charge is 0.378 e. The van der Waals surface area contributed by atoms with Crippen LogP contribution in [0.2, 0.25) is 0 Å². The number of ether oxygens (including phenoxy) is 1. The van der Waals surface area contributed by atoms with Crippen molar-refractivity contribution in [3.05, 3.63) is 0 Å². The highest BCUT2D eigenvalue weighted by Crippen LogP contribution is 2.09. The van der Waals surface area contributed by atoms with Crippen LogP contribution >= 0.6 is 0 Å². The molecular weight excluding hydrogens is 212 g/mol. The molecule has 0 aliphatic carbocycles. The molecule has 3 nitrogen and oxygen atoms in total. The molecule has 1 fully saturated rings. The van der Waals surface area contributed by atoms with Crippen LogP contribution in [0.15, 0.2) is 0 Å². The van der Waals surface area contributed by atoms with Gasteiger partial charge in [-0.3, -0.25) is 4.90 Å². The first kappa shape index (κ1) is 14.9. The lowest BCUT2D eigenvalue weighted by atomic mass is 10.1. The first-order valence-electron chi connectivity index (χ1n) is 7.41. The van der Waals surface area contributed by atoms with Gasteiger partial charge in [-0.15, -0.1) is 0 Å². The number of rotatable bonds is 9. The minimum Gasteiger partial charge on any atom is -0.378 e. The smallest absolute Gasteiger partial charge is 0.0634 e. The van der Waals surface area contributed by atoms with E-state index < -0.39 is 0 Å². The van der Waals surface area contributed by atoms with Crippen molar-refractivity contribution in [2.24, 2.45) is 0 Å². The molecule has 1 aliphatic heterocycles. The van der Waals surface area contributed by atoms with Crippen molar-refractivity contribution in [1.82, 2.24) is 10.2 Å². The molecule has 1 N–H and O–H groups in total. The number of morpholine rings is 1. The van der Waals surface area contributed by atoms with Crippen molar-refractivity contribution in [3.63, 3.8) is 0 Å². The van der Waals surface area contributed by atoms with E-state index in [1.807, 2.05) is 0 Å². The molecular formula is C14H30N2O. The molecule has 0 saturated carbocycles. The summed E-state index contributed by atoms with van der Waals surface area (Å²) in [6.07, 6.45) is 6.87. The van der Waals surface area contributed by atoms with Gasteiger partial charge in [0.2, 0.25) is 0 Å². The Balaban J connectivity index is 2.13. The van der Waals surface area contributed by atoms with Gasteiger partial charge in [0.25, 0.3) is 0 Å². The molecule has 17 heavy (non-hydrogen) atoms. The van der Waals surface area contributed by atoms with Gasteiger partial charge in [-0.2, -0.15) is 0 Å². The third-order valence-electron chi connectivity index (χ3n) is 3.53. The summed E-state index contributed by atoms with van der Waals surface area (Å²) in [5, 5.41) is 3.44. The summed E-state index contributed by atoms with van der Waals surface area (Å²) in [5.74, 6) is 0. The number of hydrogen-bond donors (Lipinski definition) is 1. The van der Waals surface area contributed by atoms with Crippen LogP contribution < -0.4 is 5.32 Å². The molecule has 1 unspecified atom stereocenters. The first-order valence-corrected chi connectivity index (χ1v) is 7.41. The summed E-state index contributed by atoms with van der Waals surface area (Å²) in [6.45, 7) is 10.8. The maximum atomic E-state index is 5.57. The summed E-state index contributed by atoms with van der Waals surface area (Å²) in [4.78, 5) is 2.61. The van der Waals surface area contributed by atoms with Crippen LogP contribution in [0.4, 0.5) is 0 Å². The van der Waals surface area contributed by atoms with Crippen molar-refractivity contribution >= 4 is 0 Å². The average Bonchev–Trinajstić information content (AvgIpc) is 2.37. The second-order valence-corrected chi connectivity index (χ2v) is 4.99. The van der Waals surface area contributed by atoms with Gasteiger partial charge in [0, 0.05) is 19.1 Å². The number of hydrogen-bond acceptors (Lipinski definition) is 3. The Labute approximate surface area is 107 Å². The lowest BCUT2D eigenvalue weighted by molar-refractivity contribution is -0.00724. The summed E-state index contributed by atoms with van der Waals surface area (Å²) in [5.41, 5.74) is 0. The fourth-order valence-corrected chi connectivity index (χ4v) is 2.40. The van der Waals surface area contributed by atoms with Gasteiger partial charge >= 0.3 is 0 Å². The molecule has 102 valence electrons. The van der Waals surface area contributed by atoms with E-state index in [0.717, 1.165) is 32.8 Å². The van der Waals surface area contributed by atoms with E-state index in [0.29, 0.717) is 6.04 Å². The van der Waals surface area contributed by atoms with E-state index in [1.54, 1.807) is 0 Å². The van der Waals surface area contributed by atoms with Crippen LogP contribution in [0, 0.1) is 0 Å². The molecule has 0 bridgehead atoms. The summed E-state index contributed by atoms with van der Waals surface area (Å²) in [6, 6.07) is 0.592. The highest BCUT2D eigenvalue weighted by Gasteiger charge is 2.21. The normalized spacial score (nSPS) is 21.9. The molecule has 0 spiro atoms. The Hall–Kier alpha value is -0.120. The maximum absolute atomic E-state index is 5.57. The van der Waals surface area contributed by atoms with Gasteiger partial charge in [0.05, 0.1) is 13.2 Å². The highest BCUT2D eigenvalue weighted by atomic mass is 16.5. The van der Waals surface area contributed by atoms with Crippen LogP contribution in [0.5, 0.6) is 0 Å². The van der Waals surface area contributed by atoms with Crippen LogP contribution in [0.25, 0.3) is 0 Å². The average molecular weight is 242 g/mol. The zero-order valence-corrected chi connectivity index (χ0v) is 11.7. The zero-order chi connectivity index (χ0) is 12.3. The molecule has 1 aliphatic rings. The van der Waals surface area contributed by atoms with Crippen molar-refractivity contribution in [1.29, 1.82) is 0 Å². The maximum Gasteiger partial charge on any atom is 0.0634 e. The minimum atomic E-state index is 0.592. The monoisotopic (exact) mass is 242 g/mol. The molecule has 1 rings (SSSR count). The van der Waals surface area contributed by atoms with E-state index in [1.165, 1.54) is 38.6 Å². The van der Waals surface area contributed by atoms with Gasteiger partial charge < -0.3 is 10.1 Å². The molecule has 0 aromatic rings. The Bertz CT molecular complexity index is 176. The van der Waals surface area contributed by atoms with Crippen LogP contribution in [0.3, 0.4) is 0 Å². The summed E-state index contributed by atoms with van der Waals surface area (Å²) >= 11 is 0. The molecule has 0 amide bonds. The Morgan fingerprint density at radius 2 is 2.00 bits per heavy atom. The third kappa shape index (κ3) is 6.39. The van der Waals surface area contributed by atoms with Crippen molar-refractivity contribution in [2.45, 2.75) is 52.0 Å². The molecule has 1 atom stereocenters. The second-order valence-electron chi connectivity index (χ2n) is 4.99. The van der Waals surface area contributed by atoms with Gasteiger partial charge in [-0.05, 0) is 19.5 Å². The Morgan fingerprint density at radius 3 is 2.76 bits per heavy atom. The quantitative estimate of drug-likeness (QED) is 0.628. The van der Waals surface area contributed by atoms with E-state index >= 15 is 0 Å². The lowest BCUT2D eigenvalue weighted by Gasteiger charge is -2.35. The predicted molar refractivity (Wildman–Crippen MR) is 73.5 cm³/mol. The SMILES string of the molecule is CCCCCCCN1CCOCC1CNCC. The molecule has 0 aromatic heterocycles. The van der Waals surface area contributed by atoms with Crippen molar-refractivity contribution < 1.29 is 4.74 Å². The van der Waals surface area contributed by atoms with E-state index in [-0.39, 0.29) is 0 Å². The Morgan fingerprint density at radius 1 is 1.18 bits per heavy atom. The summed E-state index contributed by atoms with van der Waals surface area (Å²) in [7, 11) is 0. The fourth-order valence-electron chi connectivity index (χ4n) is 2.40. The number of nitrogens with zero attached hydrogens (tertiary/aromatic N) is 1. The fraction of sp³-hybridized carbons (Fsp3) is 1.00. The molecule has 3 heteroatoms. The second kappa shape index (κ2) is 9.86. The van der Waals surface area contributed by atoms with Crippen molar-refractivity contribution in [3.8, 4) is 0 Å². The number of nitrogens with one attached hydrogen (secondary N) is 1. The molecule has 0 aromatic carbocycles. The first-order chi connectivity index (χ1) is 8.38. The number of likely N-dealkylation sites (N-methyl/N-ethyl adjacent to an activating group) is 1. The van der Waals surface area contributed by atoms with Gasteiger partial charge in [-0.1, -0.05) is 39.5 Å². The van der Waals surface area contributed by atoms with Crippen molar-refractivity contribution in [2.75, 3.05) is 39.4 Å². The van der Waals surface area contributed by atoms with Crippen LogP contribution in [-0.4, -0.2) is 50.3 Å².